The van der Waals surface area contributed by atoms with Crippen molar-refractivity contribution in [1.82, 2.24) is 0 Å². The van der Waals surface area contributed by atoms with Crippen LogP contribution in [0.15, 0.2) is 18.2 Å². The van der Waals surface area contributed by atoms with Crippen LogP contribution in [0.5, 0.6) is 0 Å². The number of carboxylic acid groups (broad SMARTS) is 2. The highest BCUT2D eigenvalue weighted by atomic mass is 32.1. The maximum Gasteiger partial charge on any atom is 0.335 e. The van der Waals surface area contributed by atoms with Crippen molar-refractivity contribution < 1.29 is 19.8 Å². The summed E-state index contributed by atoms with van der Waals surface area (Å²) in [5.41, 5.74) is 0.508. The smallest absolute Gasteiger partial charge is 0.335 e. The van der Waals surface area contributed by atoms with E-state index < -0.39 is 11.9 Å². The number of hydrogen-bond donors (Lipinski definition) is 3. The Kier molecular flexibility index (Phi) is 3.14. The molecule has 0 atom stereocenters. The fourth-order valence-corrected chi connectivity index (χ4v) is 1.21. The molecule has 0 amide bonds. The van der Waals surface area contributed by atoms with E-state index in [0.29, 0.717) is 11.3 Å². The molecule has 0 saturated carbocycles. The first-order chi connectivity index (χ1) is 6.54. The molecule has 0 bridgehead atoms. The molecule has 2 N–H and O–H groups in total. The van der Waals surface area contributed by atoms with Crippen molar-refractivity contribution in [2.24, 2.45) is 0 Å². The average molecular weight is 212 g/mol. The zero-order chi connectivity index (χ0) is 10.7. The molecule has 1 aromatic carbocycles. The first kappa shape index (κ1) is 10.6. The molecule has 4 nitrogen and oxygen atoms in total. The molecule has 0 saturated heterocycles. The van der Waals surface area contributed by atoms with Gasteiger partial charge in [0.2, 0.25) is 0 Å². The van der Waals surface area contributed by atoms with Gasteiger partial charge < -0.3 is 10.2 Å². The quantitative estimate of drug-likeness (QED) is 0.664. The number of rotatable bonds is 3. The van der Waals surface area contributed by atoms with Gasteiger partial charge in [-0.2, -0.15) is 12.6 Å². The van der Waals surface area contributed by atoms with Gasteiger partial charge in [-0.3, -0.25) is 0 Å². The van der Waals surface area contributed by atoms with Crippen LogP contribution in [-0.4, -0.2) is 22.2 Å². The Hall–Kier alpha value is -1.49. The van der Waals surface area contributed by atoms with Crippen LogP contribution < -0.4 is 0 Å². The highest BCUT2D eigenvalue weighted by Crippen LogP contribution is 2.12. The van der Waals surface area contributed by atoms with Gasteiger partial charge >= 0.3 is 11.9 Å². The van der Waals surface area contributed by atoms with Crippen molar-refractivity contribution >= 4 is 24.6 Å². The molecule has 0 aromatic heterocycles. The third-order valence-electron chi connectivity index (χ3n) is 1.67. The molecule has 0 aliphatic heterocycles. The van der Waals surface area contributed by atoms with Crippen LogP contribution in [0.2, 0.25) is 0 Å². The van der Waals surface area contributed by atoms with Gasteiger partial charge in [0.1, 0.15) is 0 Å². The summed E-state index contributed by atoms with van der Waals surface area (Å²) in [4.78, 5) is 21.3. The van der Waals surface area contributed by atoms with Crippen molar-refractivity contribution in [1.29, 1.82) is 0 Å². The van der Waals surface area contributed by atoms with E-state index >= 15 is 0 Å². The molecular weight excluding hydrogens is 204 g/mol. The third kappa shape index (κ3) is 2.26. The van der Waals surface area contributed by atoms with Crippen LogP contribution >= 0.6 is 12.6 Å². The standard InChI is InChI=1S/C9H8O4S/c10-8(11)6-1-5(4-14)2-7(3-6)9(12)13/h1-3,14H,4H2,(H,10,11)(H,12,13). The summed E-state index contributed by atoms with van der Waals surface area (Å²) in [6.07, 6.45) is 0. The first-order valence-corrected chi connectivity index (χ1v) is 4.39. The van der Waals surface area contributed by atoms with Gasteiger partial charge in [0, 0.05) is 5.75 Å². The molecule has 0 fully saturated rings. The van der Waals surface area contributed by atoms with E-state index in [1.54, 1.807) is 0 Å². The lowest BCUT2D eigenvalue weighted by molar-refractivity contribution is 0.0696. The van der Waals surface area contributed by atoms with E-state index in [1.165, 1.54) is 12.1 Å². The lowest BCUT2D eigenvalue weighted by Crippen LogP contribution is -2.03. The molecule has 1 aromatic rings. The van der Waals surface area contributed by atoms with Gasteiger partial charge in [0.15, 0.2) is 0 Å². The minimum absolute atomic E-state index is 0.0334. The highest BCUT2D eigenvalue weighted by Gasteiger charge is 2.10. The minimum atomic E-state index is -1.14. The molecule has 0 spiro atoms. The van der Waals surface area contributed by atoms with Crippen molar-refractivity contribution in [3.63, 3.8) is 0 Å². The summed E-state index contributed by atoms with van der Waals surface area (Å²) in [5.74, 6) is -1.98. The molecule has 0 heterocycles. The Bertz CT molecular complexity index is 354. The Morgan fingerprint density at radius 1 is 1.07 bits per heavy atom. The number of thiol groups is 1. The molecule has 0 radical (unpaired) electrons. The normalized spacial score (nSPS) is 9.79. The largest absolute Gasteiger partial charge is 0.478 e. The topological polar surface area (TPSA) is 74.6 Å². The highest BCUT2D eigenvalue weighted by molar-refractivity contribution is 7.79. The monoisotopic (exact) mass is 212 g/mol. The lowest BCUT2D eigenvalue weighted by Gasteiger charge is -2.01. The molecule has 74 valence electrons. The van der Waals surface area contributed by atoms with E-state index in [4.69, 9.17) is 10.2 Å². The van der Waals surface area contributed by atoms with Gasteiger partial charge in [0.25, 0.3) is 0 Å². The van der Waals surface area contributed by atoms with E-state index in [9.17, 15) is 9.59 Å². The molecular formula is C9H8O4S. The number of benzene rings is 1. The van der Waals surface area contributed by atoms with Crippen molar-refractivity contribution in [2.45, 2.75) is 5.75 Å². The summed E-state index contributed by atoms with van der Waals surface area (Å²) in [6, 6.07) is 3.93. The van der Waals surface area contributed by atoms with Gasteiger partial charge in [0.05, 0.1) is 11.1 Å². The van der Waals surface area contributed by atoms with Crippen LogP contribution in [0.1, 0.15) is 26.3 Å². The summed E-state index contributed by atoms with van der Waals surface area (Å²) in [5, 5.41) is 17.4. The van der Waals surface area contributed by atoms with E-state index in [1.807, 2.05) is 0 Å². The average Bonchev–Trinajstić information content (AvgIpc) is 2.16. The van der Waals surface area contributed by atoms with Crippen molar-refractivity contribution in [3.8, 4) is 0 Å². The van der Waals surface area contributed by atoms with Crippen LogP contribution in [0.4, 0.5) is 0 Å². The van der Waals surface area contributed by atoms with E-state index in [-0.39, 0.29) is 11.1 Å². The fourth-order valence-electron chi connectivity index (χ4n) is 1.03. The zero-order valence-corrected chi connectivity index (χ0v) is 7.99. The zero-order valence-electron chi connectivity index (χ0n) is 7.10. The van der Waals surface area contributed by atoms with E-state index in [0.717, 1.165) is 6.07 Å². The van der Waals surface area contributed by atoms with Gasteiger partial charge in [-0.05, 0) is 23.8 Å². The lowest BCUT2D eigenvalue weighted by atomic mass is 10.1. The molecule has 0 aliphatic carbocycles. The van der Waals surface area contributed by atoms with Gasteiger partial charge in [-0.15, -0.1) is 0 Å². The number of aromatic carboxylic acids is 2. The summed E-state index contributed by atoms with van der Waals surface area (Å²) < 4.78 is 0. The molecule has 0 unspecified atom stereocenters. The fraction of sp³-hybridized carbons (Fsp3) is 0.111. The summed E-state index contributed by atoms with van der Waals surface area (Å²) in [7, 11) is 0. The van der Waals surface area contributed by atoms with Crippen molar-refractivity contribution in [3.05, 3.63) is 34.9 Å². The predicted molar refractivity (Wildman–Crippen MR) is 53.1 cm³/mol. The maximum absolute atomic E-state index is 10.6. The Morgan fingerprint density at radius 2 is 1.50 bits per heavy atom. The molecule has 0 aliphatic rings. The second-order valence-corrected chi connectivity index (χ2v) is 3.00. The SMILES string of the molecule is O=C(O)c1cc(CS)cc(C(=O)O)c1. The Balaban J connectivity index is 3.27. The second kappa shape index (κ2) is 4.15. The predicted octanol–water partition coefficient (Wildman–Crippen LogP) is 1.51. The summed E-state index contributed by atoms with van der Waals surface area (Å²) in [6.45, 7) is 0. The minimum Gasteiger partial charge on any atom is -0.478 e. The number of carbonyl (C=O) groups is 2. The van der Waals surface area contributed by atoms with Crippen LogP contribution in [0.3, 0.4) is 0 Å². The third-order valence-corrected chi connectivity index (χ3v) is 2.03. The molecule has 1 rings (SSSR count). The molecule has 5 heteroatoms. The molecule has 14 heavy (non-hydrogen) atoms. The maximum atomic E-state index is 10.6. The Labute approximate surface area is 85.6 Å². The van der Waals surface area contributed by atoms with Crippen molar-refractivity contribution in [2.75, 3.05) is 0 Å². The second-order valence-electron chi connectivity index (χ2n) is 2.69. The van der Waals surface area contributed by atoms with Crippen LogP contribution in [0.25, 0.3) is 0 Å². The first-order valence-electron chi connectivity index (χ1n) is 3.76. The number of hydrogen-bond acceptors (Lipinski definition) is 3. The number of carboxylic acids is 2. The van der Waals surface area contributed by atoms with Crippen LogP contribution in [-0.2, 0) is 5.75 Å². The van der Waals surface area contributed by atoms with Crippen LogP contribution in [0, 0.1) is 0 Å². The Morgan fingerprint density at radius 3 is 1.79 bits per heavy atom. The summed E-state index contributed by atoms with van der Waals surface area (Å²) >= 11 is 3.96. The van der Waals surface area contributed by atoms with Gasteiger partial charge in [-0.25, -0.2) is 9.59 Å². The van der Waals surface area contributed by atoms with Gasteiger partial charge in [-0.1, -0.05) is 0 Å². The van der Waals surface area contributed by atoms with E-state index in [2.05, 4.69) is 12.6 Å².